The number of allylic oxidation sites excluding steroid dienone is 17. The van der Waals surface area contributed by atoms with Gasteiger partial charge in [-0.25, -0.2) is 0 Å². The maximum Gasteiger partial charge on any atom is 0.220 e. The van der Waals surface area contributed by atoms with E-state index in [0.717, 1.165) is 83.5 Å². The molecule has 0 aromatic heterocycles. The number of hydrogen-bond acceptors (Lipinski definition) is 13. The molecule has 12 atom stereocenters. The van der Waals surface area contributed by atoms with Gasteiger partial charge in [-0.3, -0.25) is 4.79 Å². The highest BCUT2D eigenvalue weighted by Gasteiger charge is 2.51. The molecule has 0 aromatic rings. The molecule has 2 aliphatic heterocycles. The number of amides is 1. The summed E-state index contributed by atoms with van der Waals surface area (Å²) >= 11 is 0. The first-order chi connectivity index (χ1) is 43.6. The van der Waals surface area contributed by atoms with E-state index in [4.69, 9.17) is 18.9 Å². The molecule has 2 saturated heterocycles. The van der Waals surface area contributed by atoms with Crippen LogP contribution in [-0.4, -0.2) is 140 Å². The van der Waals surface area contributed by atoms with Crippen molar-refractivity contribution in [3.05, 3.63) is 109 Å². The summed E-state index contributed by atoms with van der Waals surface area (Å²) in [6.07, 6.45) is 67.1. The minimum Gasteiger partial charge on any atom is -0.394 e. The fourth-order valence-electron chi connectivity index (χ4n) is 11.1. The van der Waals surface area contributed by atoms with Crippen molar-refractivity contribution >= 4 is 5.91 Å². The van der Waals surface area contributed by atoms with Crippen molar-refractivity contribution in [1.29, 1.82) is 0 Å². The third-order valence-corrected chi connectivity index (χ3v) is 16.7. The van der Waals surface area contributed by atoms with Gasteiger partial charge in [0.25, 0.3) is 0 Å². The SMILES string of the molecule is CC/C=C\C/C=C\C/C=C\C/C=C\C/C=C\C/C=C\C/C=C\CCCCCCCCCCCC(=O)NC(COC1OC(CO)C(OC2OC(CO)C(O)C(O)C2O)C(O)C1O)C(O)/C=C/CC/C=C/CCCCCCCCCCCCCCCCCCCC. The van der Waals surface area contributed by atoms with Crippen molar-refractivity contribution in [2.24, 2.45) is 0 Å². The zero-order valence-electron chi connectivity index (χ0n) is 55.6. The summed E-state index contributed by atoms with van der Waals surface area (Å²) in [5.41, 5.74) is 0. The van der Waals surface area contributed by atoms with Crippen molar-refractivity contribution in [3.63, 3.8) is 0 Å². The smallest absolute Gasteiger partial charge is 0.220 e. The van der Waals surface area contributed by atoms with E-state index in [9.17, 15) is 45.6 Å². The lowest BCUT2D eigenvalue weighted by molar-refractivity contribution is -0.359. The molecule has 2 rings (SSSR count). The normalized spacial score (nSPS) is 23.7. The van der Waals surface area contributed by atoms with E-state index in [0.29, 0.717) is 12.8 Å². The highest BCUT2D eigenvalue weighted by molar-refractivity contribution is 5.76. The van der Waals surface area contributed by atoms with E-state index in [1.54, 1.807) is 6.08 Å². The van der Waals surface area contributed by atoms with Crippen LogP contribution in [0.3, 0.4) is 0 Å². The molecule has 0 bridgehead atoms. The Bertz CT molecular complexity index is 1910. The second-order valence-corrected chi connectivity index (χ2v) is 24.6. The van der Waals surface area contributed by atoms with Crippen LogP contribution in [0.4, 0.5) is 0 Å². The van der Waals surface area contributed by atoms with E-state index in [1.165, 1.54) is 148 Å². The first-order valence-electron chi connectivity index (χ1n) is 35.6. The fourth-order valence-corrected chi connectivity index (χ4v) is 11.1. The van der Waals surface area contributed by atoms with Gasteiger partial charge in [-0.05, 0) is 89.9 Å². The van der Waals surface area contributed by atoms with E-state index < -0.39 is 86.8 Å². The van der Waals surface area contributed by atoms with Crippen molar-refractivity contribution in [2.45, 2.75) is 338 Å². The second-order valence-electron chi connectivity index (χ2n) is 24.6. The molecule has 0 spiro atoms. The Hall–Kier alpha value is -3.35. The summed E-state index contributed by atoms with van der Waals surface area (Å²) in [5, 5.41) is 87.4. The lowest BCUT2D eigenvalue weighted by Crippen LogP contribution is -2.65. The van der Waals surface area contributed by atoms with Crippen LogP contribution in [0.2, 0.25) is 0 Å². The molecule has 89 heavy (non-hydrogen) atoms. The van der Waals surface area contributed by atoms with E-state index >= 15 is 0 Å². The molecule has 14 heteroatoms. The molecule has 12 unspecified atom stereocenters. The van der Waals surface area contributed by atoms with Gasteiger partial charge in [0.15, 0.2) is 12.6 Å². The van der Waals surface area contributed by atoms with Crippen molar-refractivity contribution in [3.8, 4) is 0 Å². The third-order valence-electron chi connectivity index (χ3n) is 16.7. The number of hydrogen-bond donors (Lipinski definition) is 9. The lowest BCUT2D eigenvalue weighted by Gasteiger charge is -2.46. The molecular formula is C75H129NO13. The first-order valence-corrected chi connectivity index (χ1v) is 35.6. The van der Waals surface area contributed by atoms with E-state index in [2.05, 4.69) is 116 Å². The molecule has 1 amide bonds. The fraction of sp³-hybridized carbons (Fsp3) is 0.747. The summed E-state index contributed by atoms with van der Waals surface area (Å²) in [6, 6.07) is -0.944. The monoisotopic (exact) mass is 1250 g/mol. The predicted octanol–water partition coefficient (Wildman–Crippen LogP) is 14.7. The molecule has 9 N–H and O–H groups in total. The summed E-state index contributed by atoms with van der Waals surface area (Å²) in [7, 11) is 0. The number of carbonyl (C=O) groups excluding carboxylic acids is 1. The van der Waals surface area contributed by atoms with Gasteiger partial charge in [-0.15, -0.1) is 0 Å². The van der Waals surface area contributed by atoms with Gasteiger partial charge in [-0.2, -0.15) is 0 Å². The van der Waals surface area contributed by atoms with Crippen LogP contribution >= 0.6 is 0 Å². The van der Waals surface area contributed by atoms with Gasteiger partial charge >= 0.3 is 0 Å². The van der Waals surface area contributed by atoms with E-state index in [-0.39, 0.29) is 18.9 Å². The zero-order valence-corrected chi connectivity index (χ0v) is 55.6. The number of aliphatic hydroxyl groups excluding tert-OH is 8. The molecule has 0 radical (unpaired) electrons. The van der Waals surface area contributed by atoms with Crippen molar-refractivity contribution < 1.29 is 64.6 Å². The minimum atomic E-state index is -1.80. The van der Waals surface area contributed by atoms with Crippen LogP contribution in [0.5, 0.6) is 0 Å². The van der Waals surface area contributed by atoms with Gasteiger partial charge < -0.3 is 65.1 Å². The molecule has 2 heterocycles. The highest BCUT2D eigenvalue weighted by atomic mass is 16.7. The predicted molar refractivity (Wildman–Crippen MR) is 364 cm³/mol. The Morgan fingerprint density at radius 1 is 0.416 bits per heavy atom. The Kier molecular flexibility index (Phi) is 53.7. The molecule has 2 aliphatic rings. The summed E-state index contributed by atoms with van der Waals surface area (Å²) in [6.45, 7) is 2.68. The maximum atomic E-state index is 13.3. The Balaban J connectivity index is 1.70. The van der Waals surface area contributed by atoms with Crippen LogP contribution in [0.1, 0.15) is 264 Å². The van der Waals surface area contributed by atoms with Crippen molar-refractivity contribution in [1.82, 2.24) is 5.32 Å². The molecule has 0 aromatic carbocycles. The molecule has 14 nitrogen and oxygen atoms in total. The Morgan fingerprint density at radius 3 is 1.24 bits per heavy atom. The minimum absolute atomic E-state index is 0.258. The van der Waals surface area contributed by atoms with Crippen LogP contribution < -0.4 is 5.32 Å². The zero-order chi connectivity index (χ0) is 64.5. The largest absolute Gasteiger partial charge is 0.394 e. The number of aliphatic hydroxyl groups is 8. The van der Waals surface area contributed by atoms with Gasteiger partial charge in [-0.1, -0.05) is 277 Å². The molecule has 512 valence electrons. The average Bonchev–Trinajstić information content (AvgIpc) is 2.53. The lowest BCUT2D eigenvalue weighted by atomic mass is 9.97. The maximum absolute atomic E-state index is 13.3. The number of ether oxygens (including phenoxy) is 4. The van der Waals surface area contributed by atoms with E-state index in [1.807, 2.05) is 6.08 Å². The van der Waals surface area contributed by atoms with Crippen LogP contribution in [-0.2, 0) is 23.7 Å². The Labute approximate surface area is 540 Å². The molecule has 0 saturated carbocycles. The number of nitrogens with one attached hydrogen (secondary N) is 1. The van der Waals surface area contributed by atoms with Gasteiger partial charge in [0.1, 0.15) is 48.8 Å². The summed E-state index contributed by atoms with van der Waals surface area (Å²) in [4.78, 5) is 13.3. The number of carbonyl (C=O) groups is 1. The number of rotatable bonds is 57. The third kappa shape index (κ3) is 42.5. The molecule has 0 aliphatic carbocycles. The average molecular weight is 1250 g/mol. The topological polar surface area (TPSA) is 228 Å². The quantitative estimate of drug-likeness (QED) is 0.0204. The molecular weight excluding hydrogens is 1120 g/mol. The second kappa shape index (κ2) is 58.5. The Morgan fingerprint density at radius 2 is 0.787 bits per heavy atom. The van der Waals surface area contributed by atoms with Crippen molar-refractivity contribution in [2.75, 3.05) is 19.8 Å². The standard InChI is InChI=1S/C75H129NO13/c1-3-5-7-9-11-13-15-17-19-21-23-25-27-29-30-31-32-33-34-35-37-39-41-43-45-47-49-51-53-55-57-59-67(80)76-63(62-86-74-72(85)70(83)73(66(61-78)88-74)89-75-71(84)69(82)68(81)65(60-77)87-75)64(79)58-56-54-52-50-48-46-44-42-40-38-36-28-26-24-22-20-18-16-14-12-10-8-6-4-2/h5,7,11,13,17,19,23,25,29-30,32-33,35,37,48,50,56,58,63-66,68-75,77-79,81-85H,3-4,6,8-10,12,14-16,18,20-22,24,26-28,31,34,36,38-47,49,51-55,57,59-62H2,1-2H3,(H,76,80)/b7-5-,13-11-,19-17-,25-23-,30-29-,33-32-,37-35-,50-48+,58-56+. The summed E-state index contributed by atoms with van der Waals surface area (Å²) < 4.78 is 22.8. The van der Waals surface area contributed by atoms with Gasteiger partial charge in [0.2, 0.25) is 5.91 Å². The first kappa shape index (κ1) is 81.7. The van der Waals surface area contributed by atoms with Gasteiger partial charge in [0.05, 0.1) is 32.0 Å². The van der Waals surface area contributed by atoms with Gasteiger partial charge in [0, 0.05) is 6.42 Å². The van der Waals surface area contributed by atoms with Crippen LogP contribution in [0, 0.1) is 0 Å². The summed E-state index contributed by atoms with van der Waals surface area (Å²) in [5.74, 6) is -0.258. The number of unbranched alkanes of at least 4 members (excludes halogenated alkanes) is 28. The highest BCUT2D eigenvalue weighted by Crippen LogP contribution is 2.30. The van der Waals surface area contributed by atoms with Crippen LogP contribution in [0.15, 0.2) is 109 Å². The van der Waals surface area contributed by atoms with Crippen LogP contribution in [0.25, 0.3) is 0 Å². The molecule has 2 fully saturated rings.